The molecule has 1 unspecified atom stereocenters. The van der Waals surface area contributed by atoms with Gasteiger partial charge in [-0.1, -0.05) is 189 Å². The summed E-state index contributed by atoms with van der Waals surface area (Å²) in [5.74, 6) is 0.373. The average molecular weight is 715 g/mol. The molecule has 0 aromatic heterocycles. The zero-order valence-electron chi connectivity index (χ0n) is 33.1. The Labute approximate surface area is 330 Å². The summed E-state index contributed by atoms with van der Waals surface area (Å²) in [6, 6.07) is 46.3. The summed E-state index contributed by atoms with van der Waals surface area (Å²) in [7, 11) is 0. The SMILES string of the molecule is C=CC.C=c1ccc(-c2ccc3c(c2)C(C)C/C=C(c2ccccc2)/C(c2ccccc2)=C(/C)C3)c\c1=C/C=C/C(=C(\C)C1=CCCC=C1)c1ccccc1. The summed E-state index contributed by atoms with van der Waals surface area (Å²) >= 11 is 0. The second-order valence-corrected chi connectivity index (χ2v) is 14.6. The van der Waals surface area contributed by atoms with E-state index in [2.05, 4.69) is 204 Å². The van der Waals surface area contributed by atoms with Gasteiger partial charge in [-0.15, -0.1) is 6.58 Å². The number of rotatable bonds is 7. The van der Waals surface area contributed by atoms with Gasteiger partial charge in [0.25, 0.3) is 0 Å². The Kier molecular flexibility index (Phi) is 13.3. The van der Waals surface area contributed by atoms with Crippen LogP contribution in [0.2, 0.25) is 0 Å². The summed E-state index contributed by atoms with van der Waals surface area (Å²) in [5.41, 5.74) is 17.0. The quantitative estimate of drug-likeness (QED) is 0.116. The number of hydrogen-bond acceptors (Lipinski definition) is 0. The lowest BCUT2D eigenvalue weighted by atomic mass is 9.86. The number of hydrogen-bond donors (Lipinski definition) is 0. The van der Waals surface area contributed by atoms with Gasteiger partial charge in [0.1, 0.15) is 0 Å². The molecule has 0 spiro atoms. The van der Waals surface area contributed by atoms with E-state index < -0.39 is 0 Å². The van der Waals surface area contributed by atoms with Gasteiger partial charge in [0.2, 0.25) is 0 Å². The molecule has 7 rings (SSSR count). The standard InChI is InChI=1S/C52H48.C3H6/c1-37-28-30-46(35-45(37)26-17-27-49(42-20-11-6-12-21-42)40(4)41-18-9-5-10-19-41)47-31-32-48-34-39(3)52(44-24-15-8-16-25-44)50(43-22-13-7-14-23-43)33-29-38(2)51(48)36-47;1-3-2/h6-9,11-28,30-33,35-36,38H,1,5,10,29,34H2,2-4H3;3H,1H2,2H3/b27-17+,45-26+,49-40-,50-33+,52-39-;. The minimum absolute atomic E-state index is 0.373. The van der Waals surface area contributed by atoms with E-state index in [1.54, 1.807) is 6.08 Å². The van der Waals surface area contributed by atoms with Gasteiger partial charge < -0.3 is 0 Å². The van der Waals surface area contributed by atoms with E-state index >= 15 is 0 Å². The molecule has 0 heterocycles. The van der Waals surface area contributed by atoms with Gasteiger partial charge in [-0.25, -0.2) is 0 Å². The number of fused-ring (bicyclic) bond motifs is 1. The molecule has 5 aromatic carbocycles. The lowest BCUT2D eigenvalue weighted by molar-refractivity contribution is 0.771. The molecule has 1 atom stereocenters. The third-order valence-electron chi connectivity index (χ3n) is 10.6. The molecule has 0 saturated heterocycles. The highest BCUT2D eigenvalue weighted by Crippen LogP contribution is 2.40. The smallest absolute Gasteiger partial charge is 0.00576 e. The zero-order valence-corrected chi connectivity index (χ0v) is 33.1. The first kappa shape index (κ1) is 38.7. The maximum atomic E-state index is 4.40. The molecule has 0 saturated carbocycles. The van der Waals surface area contributed by atoms with E-state index in [9.17, 15) is 0 Å². The molecule has 5 aromatic rings. The Hall–Kier alpha value is -5.98. The van der Waals surface area contributed by atoms with Crippen LogP contribution in [0.5, 0.6) is 0 Å². The van der Waals surface area contributed by atoms with E-state index in [1.165, 1.54) is 72.4 Å². The monoisotopic (exact) mass is 714 g/mol. The molecule has 0 fully saturated rings. The fourth-order valence-corrected chi connectivity index (χ4v) is 7.69. The van der Waals surface area contributed by atoms with Gasteiger partial charge in [-0.3, -0.25) is 0 Å². The first-order chi connectivity index (χ1) is 26.9. The topological polar surface area (TPSA) is 0 Å². The highest BCUT2D eigenvalue weighted by atomic mass is 14.2. The third-order valence-corrected chi connectivity index (χ3v) is 10.6. The molecule has 0 heteroatoms. The van der Waals surface area contributed by atoms with Crippen LogP contribution in [0.25, 0.3) is 40.5 Å². The van der Waals surface area contributed by atoms with E-state index in [4.69, 9.17) is 0 Å². The lowest BCUT2D eigenvalue weighted by Gasteiger charge is -2.18. The van der Waals surface area contributed by atoms with Crippen molar-refractivity contribution in [3.63, 3.8) is 0 Å². The first-order valence-electron chi connectivity index (χ1n) is 19.7. The van der Waals surface area contributed by atoms with Gasteiger partial charge >= 0.3 is 0 Å². The Balaban J connectivity index is 0.00000166. The lowest BCUT2D eigenvalue weighted by Crippen LogP contribution is -2.22. The molecule has 0 bridgehead atoms. The summed E-state index contributed by atoms with van der Waals surface area (Å²) in [4.78, 5) is 0. The second kappa shape index (κ2) is 18.9. The van der Waals surface area contributed by atoms with E-state index in [-0.39, 0.29) is 0 Å². The number of allylic oxidation sites excluding steroid dienone is 13. The van der Waals surface area contributed by atoms with Crippen LogP contribution in [0, 0.1) is 0 Å². The molecule has 0 nitrogen and oxygen atoms in total. The molecular formula is C55H54. The third kappa shape index (κ3) is 9.58. The van der Waals surface area contributed by atoms with Crippen LogP contribution in [0.1, 0.15) is 80.7 Å². The van der Waals surface area contributed by atoms with Gasteiger partial charge in [0.05, 0.1) is 0 Å². The van der Waals surface area contributed by atoms with E-state index in [0.717, 1.165) is 36.1 Å². The minimum atomic E-state index is 0.373. The Morgan fingerprint density at radius 1 is 0.727 bits per heavy atom. The molecule has 0 N–H and O–H groups in total. The van der Waals surface area contributed by atoms with Crippen LogP contribution in [-0.4, -0.2) is 0 Å². The summed E-state index contributed by atoms with van der Waals surface area (Å²) in [5, 5.41) is 2.16. The maximum Gasteiger partial charge on any atom is -0.00576 e. The van der Waals surface area contributed by atoms with Crippen molar-refractivity contribution in [1.82, 2.24) is 0 Å². The summed E-state index contributed by atoms with van der Waals surface area (Å²) < 4.78 is 0. The van der Waals surface area contributed by atoms with Crippen LogP contribution in [-0.2, 0) is 6.42 Å². The Bertz CT molecular complexity index is 2410. The predicted molar refractivity (Wildman–Crippen MR) is 242 cm³/mol. The van der Waals surface area contributed by atoms with Crippen molar-refractivity contribution in [3.05, 3.63) is 231 Å². The average Bonchev–Trinajstić information content (AvgIpc) is 3.27. The van der Waals surface area contributed by atoms with Crippen molar-refractivity contribution in [1.29, 1.82) is 0 Å². The maximum absolute atomic E-state index is 4.40. The van der Waals surface area contributed by atoms with E-state index in [0.29, 0.717) is 5.92 Å². The van der Waals surface area contributed by atoms with Gasteiger partial charge in [0.15, 0.2) is 0 Å². The minimum Gasteiger partial charge on any atom is -0.103 e. The fraction of sp³-hybridized carbons (Fsp3) is 0.164. The molecular weight excluding hydrogens is 661 g/mol. The molecule has 0 amide bonds. The highest BCUT2D eigenvalue weighted by Gasteiger charge is 2.20. The molecule has 2 aliphatic carbocycles. The van der Waals surface area contributed by atoms with Gasteiger partial charge in [0, 0.05) is 0 Å². The molecule has 0 radical (unpaired) electrons. The molecule has 274 valence electrons. The van der Waals surface area contributed by atoms with Crippen molar-refractivity contribution >= 4 is 29.4 Å². The summed E-state index contributed by atoms with van der Waals surface area (Å²) in [6.07, 6.45) is 21.9. The van der Waals surface area contributed by atoms with Gasteiger partial charge in [-0.05, 0) is 136 Å². The molecule has 0 aliphatic heterocycles. The Morgan fingerprint density at radius 2 is 1.36 bits per heavy atom. The van der Waals surface area contributed by atoms with Crippen molar-refractivity contribution in [2.75, 3.05) is 0 Å². The molecule has 2 aliphatic rings. The predicted octanol–water partition coefficient (Wildman–Crippen LogP) is 13.6. The zero-order chi connectivity index (χ0) is 38.6. The van der Waals surface area contributed by atoms with E-state index in [1.807, 2.05) is 6.92 Å². The normalized spacial score (nSPS) is 18.7. The second-order valence-electron chi connectivity index (χ2n) is 14.6. The first-order valence-corrected chi connectivity index (χ1v) is 19.7. The molecule has 55 heavy (non-hydrogen) atoms. The van der Waals surface area contributed by atoms with Gasteiger partial charge in [-0.2, -0.15) is 0 Å². The van der Waals surface area contributed by atoms with Crippen LogP contribution in [0.15, 0.2) is 193 Å². The Morgan fingerprint density at radius 3 is 2.04 bits per heavy atom. The van der Waals surface area contributed by atoms with Crippen molar-refractivity contribution in [2.24, 2.45) is 0 Å². The van der Waals surface area contributed by atoms with Crippen molar-refractivity contribution in [2.45, 2.75) is 59.3 Å². The number of benzene rings is 5. The van der Waals surface area contributed by atoms with Crippen molar-refractivity contribution in [3.8, 4) is 11.1 Å². The highest BCUT2D eigenvalue weighted by molar-refractivity contribution is 6.06. The van der Waals surface area contributed by atoms with Crippen molar-refractivity contribution < 1.29 is 0 Å². The largest absolute Gasteiger partial charge is 0.103 e. The van der Waals surface area contributed by atoms with Crippen LogP contribution in [0.3, 0.4) is 0 Å². The fourth-order valence-electron chi connectivity index (χ4n) is 7.69. The summed E-state index contributed by atoms with van der Waals surface area (Å²) in [6.45, 7) is 16.6. The van der Waals surface area contributed by atoms with Crippen LogP contribution < -0.4 is 10.4 Å². The van der Waals surface area contributed by atoms with Crippen LogP contribution >= 0.6 is 0 Å². The van der Waals surface area contributed by atoms with Crippen LogP contribution in [0.4, 0.5) is 0 Å².